The third-order valence-electron chi connectivity index (χ3n) is 7.00. The number of anilines is 1. The molecular formula is C28H37N3OS. The molecule has 0 amide bonds. The van der Waals surface area contributed by atoms with E-state index in [1.54, 1.807) is 11.3 Å². The summed E-state index contributed by atoms with van der Waals surface area (Å²) in [5.74, 6) is 0. The maximum Gasteiger partial charge on any atom is 0.0933 e. The number of nitrogens with one attached hydrogen (secondary N) is 1. The van der Waals surface area contributed by atoms with Crippen molar-refractivity contribution in [1.82, 2.24) is 10.2 Å². The second-order valence-corrected chi connectivity index (χ2v) is 10.1. The van der Waals surface area contributed by atoms with Crippen LogP contribution in [0.5, 0.6) is 0 Å². The highest BCUT2D eigenvalue weighted by molar-refractivity contribution is 7.10. The third kappa shape index (κ3) is 5.67. The second-order valence-electron chi connectivity index (χ2n) is 9.16. The van der Waals surface area contributed by atoms with Gasteiger partial charge in [0.2, 0.25) is 0 Å². The molecule has 1 aliphatic rings. The Morgan fingerprint density at radius 1 is 1.03 bits per heavy atom. The Morgan fingerprint density at radius 2 is 1.82 bits per heavy atom. The van der Waals surface area contributed by atoms with Gasteiger partial charge in [0.05, 0.1) is 12.7 Å². The van der Waals surface area contributed by atoms with Crippen LogP contribution < -0.4 is 10.2 Å². The zero-order chi connectivity index (χ0) is 23.1. The van der Waals surface area contributed by atoms with E-state index in [4.69, 9.17) is 4.74 Å². The highest BCUT2D eigenvalue weighted by Crippen LogP contribution is 2.38. The van der Waals surface area contributed by atoms with Gasteiger partial charge in [0.25, 0.3) is 0 Å². The summed E-state index contributed by atoms with van der Waals surface area (Å²) in [5, 5.41) is 5.38. The number of thiophene rings is 1. The first-order chi connectivity index (χ1) is 16.1. The van der Waals surface area contributed by atoms with Gasteiger partial charge in [-0.05, 0) is 81.7 Å². The van der Waals surface area contributed by atoms with Crippen molar-refractivity contribution in [3.8, 4) is 0 Å². The highest BCUT2D eigenvalue weighted by Gasteiger charge is 2.38. The van der Waals surface area contributed by atoms with Crippen molar-refractivity contribution in [2.24, 2.45) is 0 Å². The quantitative estimate of drug-likeness (QED) is 0.419. The molecule has 1 fully saturated rings. The summed E-state index contributed by atoms with van der Waals surface area (Å²) < 4.78 is 6.38. The molecule has 3 aromatic rings. The first kappa shape index (κ1) is 24.0. The van der Waals surface area contributed by atoms with Crippen molar-refractivity contribution in [2.75, 3.05) is 45.7 Å². The molecule has 0 aliphatic carbocycles. The fourth-order valence-corrected chi connectivity index (χ4v) is 5.78. The molecule has 0 bridgehead atoms. The van der Waals surface area contributed by atoms with Crippen LogP contribution in [0.4, 0.5) is 5.69 Å². The molecule has 1 atom stereocenters. The van der Waals surface area contributed by atoms with Crippen LogP contribution in [0.3, 0.4) is 0 Å². The lowest BCUT2D eigenvalue weighted by molar-refractivity contribution is 0.0367. The number of ether oxygens (including phenoxy) is 1. The molecule has 1 aliphatic heterocycles. The van der Waals surface area contributed by atoms with Gasteiger partial charge in [0.1, 0.15) is 0 Å². The highest BCUT2D eigenvalue weighted by atomic mass is 32.1. The van der Waals surface area contributed by atoms with Gasteiger partial charge in [0, 0.05) is 29.2 Å². The summed E-state index contributed by atoms with van der Waals surface area (Å²) in [4.78, 5) is 6.25. The number of rotatable bonds is 10. The van der Waals surface area contributed by atoms with E-state index in [1.165, 1.54) is 21.7 Å². The minimum atomic E-state index is 0.111. The molecule has 1 N–H and O–H groups in total. The van der Waals surface area contributed by atoms with E-state index in [1.807, 2.05) is 7.05 Å². The van der Waals surface area contributed by atoms with Crippen LogP contribution in [0.15, 0.2) is 72.1 Å². The molecule has 33 heavy (non-hydrogen) atoms. The number of nitrogens with zero attached hydrogens (tertiary/aromatic N) is 2. The average molecular weight is 464 g/mol. The summed E-state index contributed by atoms with van der Waals surface area (Å²) in [6, 6.07) is 24.2. The van der Waals surface area contributed by atoms with E-state index < -0.39 is 0 Å². The van der Waals surface area contributed by atoms with Gasteiger partial charge < -0.3 is 15.0 Å². The van der Waals surface area contributed by atoms with E-state index in [0.29, 0.717) is 6.61 Å². The molecule has 4 rings (SSSR count). The van der Waals surface area contributed by atoms with E-state index in [0.717, 1.165) is 38.9 Å². The van der Waals surface area contributed by atoms with Crippen LogP contribution in [0.25, 0.3) is 0 Å². The smallest absolute Gasteiger partial charge is 0.0933 e. The Hall–Kier alpha value is -2.18. The first-order valence-electron chi connectivity index (χ1n) is 12.0. The minimum absolute atomic E-state index is 0.111. The molecule has 2 heterocycles. The SMILES string of the molecule is CNCCC(OCc1cccc(N2CCC(c3ccccc3)(N(C)C)CC2)c1)c1cccs1. The number of benzene rings is 2. The normalized spacial score (nSPS) is 16.8. The summed E-state index contributed by atoms with van der Waals surface area (Å²) in [6.45, 7) is 3.69. The van der Waals surface area contributed by atoms with Gasteiger partial charge in [-0.2, -0.15) is 0 Å². The van der Waals surface area contributed by atoms with Crippen molar-refractivity contribution >= 4 is 17.0 Å². The van der Waals surface area contributed by atoms with Crippen molar-refractivity contribution in [3.63, 3.8) is 0 Å². The van der Waals surface area contributed by atoms with Crippen LogP contribution in [0, 0.1) is 0 Å². The zero-order valence-electron chi connectivity index (χ0n) is 20.2. The van der Waals surface area contributed by atoms with Crippen LogP contribution in [-0.2, 0) is 16.9 Å². The molecule has 1 unspecified atom stereocenters. The topological polar surface area (TPSA) is 27.7 Å². The van der Waals surface area contributed by atoms with Crippen LogP contribution >= 0.6 is 11.3 Å². The largest absolute Gasteiger partial charge is 0.371 e. The van der Waals surface area contributed by atoms with Gasteiger partial charge in [-0.3, -0.25) is 4.90 Å². The lowest BCUT2D eigenvalue weighted by Gasteiger charge is -2.47. The van der Waals surface area contributed by atoms with Crippen molar-refractivity contribution in [3.05, 3.63) is 88.1 Å². The molecular weight excluding hydrogens is 426 g/mol. The molecule has 2 aromatic carbocycles. The van der Waals surface area contributed by atoms with Gasteiger partial charge in [-0.25, -0.2) is 0 Å². The van der Waals surface area contributed by atoms with Gasteiger partial charge in [-0.15, -0.1) is 11.3 Å². The standard InChI is InChI=1S/C28H37N3OS/c1-29-17-14-26(27-13-8-20-33-27)32-22-23-9-7-12-25(21-23)31-18-15-28(16-19-31,30(2)3)24-10-5-4-6-11-24/h4-13,20-21,26,29H,14-19,22H2,1-3H3. The van der Waals surface area contributed by atoms with Crippen LogP contribution in [-0.4, -0.2) is 45.7 Å². The molecule has 0 radical (unpaired) electrons. The molecule has 1 aromatic heterocycles. The predicted molar refractivity (Wildman–Crippen MR) is 140 cm³/mol. The van der Waals surface area contributed by atoms with Crippen LogP contribution in [0.2, 0.25) is 0 Å². The maximum atomic E-state index is 6.38. The Balaban J connectivity index is 1.41. The fourth-order valence-electron chi connectivity index (χ4n) is 4.97. The minimum Gasteiger partial charge on any atom is -0.371 e. The first-order valence-corrected chi connectivity index (χ1v) is 12.9. The molecule has 0 saturated carbocycles. The van der Waals surface area contributed by atoms with E-state index in [9.17, 15) is 0 Å². The Kier molecular flexibility index (Phi) is 8.20. The number of piperidine rings is 1. The average Bonchev–Trinajstić information content (AvgIpc) is 3.40. The number of hydrogen-bond acceptors (Lipinski definition) is 5. The Bertz CT molecular complexity index is 966. The summed E-state index contributed by atoms with van der Waals surface area (Å²) >= 11 is 1.78. The molecule has 176 valence electrons. The zero-order valence-corrected chi connectivity index (χ0v) is 21.0. The molecule has 4 nitrogen and oxygen atoms in total. The van der Waals surface area contributed by atoms with E-state index in [-0.39, 0.29) is 11.6 Å². The second kappa shape index (κ2) is 11.3. The van der Waals surface area contributed by atoms with Crippen molar-refractivity contribution in [1.29, 1.82) is 0 Å². The summed E-state index contributed by atoms with van der Waals surface area (Å²) in [7, 11) is 6.44. The molecule has 1 saturated heterocycles. The van der Waals surface area contributed by atoms with Crippen LogP contribution in [0.1, 0.15) is 41.4 Å². The Morgan fingerprint density at radius 3 is 2.48 bits per heavy atom. The fraction of sp³-hybridized carbons (Fsp3) is 0.429. The lowest BCUT2D eigenvalue weighted by atomic mass is 9.79. The van der Waals surface area contributed by atoms with Crippen molar-refractivity contribution < 1.29 is 4.74 Å². The summed E-state index contributed by atoms with van der Waals surface area (Å²) in [6.07, 6.45) is 3.36. The lowest BCUT2D eigenvalue weighted by Crippen LogP contribution is -2.50. The van der Waals surface area contributed by atoms with Crippen molar-refractivity contribution in [2.45, 2.75) is 37.5 Å². The Labute approximate surface area is 203 Å². The summed E-state index contributed by atoms with van der Waals surface area (Å²) in [5.41, 5.74) is 4.09. The predicted octanol–water partition coefficient (Wildman–Crippen LogP) is 5.67. The van der Waals surface area contributed by atoms with E-state index in [2.05, 4.69) is 101 Å². The van der Waals surface area contributed by atoms with Gasteiger partial charge in [-0.1, -0.05) is 48.5 Å². The molecule has 5 heteroatoms. The molecule has 0 spiro atoms. The van der Waals surface area contributed by atoms with Gasteiger partial charge in [0.15, 0.2) is 0 Å². The maximum absolute atomic E-state index is 6.38. The van der Waals surface area contributed by atoms with Gasteiger partial charge >= 0.3 is 0 Å². The van der Waals surface area contributed by atoms with E-state index >= 15 is 0 Å². The monoisotopic (exact) mass is 463 g/mol. The number of hydrogen-bond donors (Lipinski definition) is 1. The third-order valence-corrected chi connectivity index (χ3v) is 7.97.